The zero-order chi connectivity index (χ0) is 17.9. The summed E-state index contributed by atoms with van der Waals surface area (Å²) in [7, 11) is 0. The molecule has 1 aromatic heterocycles. The van der Waals surface area contributed by atoms with Gasteiger partial charge < -0.3 is 15.5 Å². The molecule has 2 atom stereocenters. The van der Waals surface area contributed by atoms with E-state index in [4.69, 9.17) is 4.98 Å². The van der Waals surface area contributed by atoms with E-state index in [1.807, 2.05) is 30.5 Å². The molecule has 0 radical (unpaired) electrons. The van der Waals surface area contributed by atoms with E-state index in [9.17, 15) is 0 Å². The van der Waals surface area contributed by atoms with Crippen LogP contribution in [0, 0.1) is 6.92 Å². The molecule has 1 fully saturated rings. The summed E-state index contributed by atoms with van der Waals surface area (Å²) in [6, 6.07) is 17.1. The Morgan fingerprint density at radius 2 is 1.88 bits per heavy atom. The van der Waals surface area contributed by atoms with Gasteiger partial charge >= 0.3 is 0 Å². The molecular weight excluding hydrogens is 322 g/mol. The van der Waals surface area contributed by atoms with Gasteiger partial charge in [0.2, 0.25) is 0 Å². The van der Waals surface area contributed by atoms with E-state index >= 15 is 0 Å². The summed E-state index contributed by atoms with van der Waals surface area (Å²) in [4.78, 5) is 11.7. The van der Waals surface area contributed by atoms with E-state index in [-0.39, 0.29) is 0 Å². The van der Waals surface area contributed by atoms with Crippen LogP contribution in [0.1, 0.15) is 12.5 Å². The molecule has 0 amide bonds. The largest absolute Gasteiger partial charge is 0.381 e. The van der Waals surface area contributed by atoms with Gasteiger partial charge in [0, 0.05) is 37.4 Å². The third-order valence-electron chi connectivity index (χ3n) is 5.10. The third kappa shape index (κ3) is 3.48. The monoisotopic (exact) mass is 347 g/mol. The summed E-state index contributed by atoms with van der Waals surface area (Å²) in [6.45, 7) is 7.17. The van der Waals surface area contributed by atoms with Crippen LogP contribution in [-0.4, -0.2) is 41.7 Å². The summed E-state index contributed by atoms with van der Waals surface area (Å²) in [5.41, 5.74) is 4.36. The SMILES string of the molecule is Cc1ccccc1NC(C)C1CN(c2cnc3ccccc3n2)CCN1. The van der Waals surface area contributed by atoms with Crippen molar-refractivity contribution in [1.82, 2.24) is 15.3 Å². The Balaban J connectivity index is 1.48. The second kappa shape index (κ2) is 7.30. The van der Waals surface area contributed by atoms with E-state index in [0.29, 0.717) is 12.1 Å². The van der Waals surface area contributed by atoms with Crippen molar-refractivity contribution in [2.24, 2.45) is 0 Å². The number of piperazine rings is 1. The van der Waals surface area contributed by atoms with Gasteiger partial charge in [0.15, 0.2) is 0 Å². The normalized spacial score (nSPS) is 18.7. The van der Waals surface area contributed by atoms with Crippen molar-refractivity contribution in [3.8, 4) is 0 Å². The molecule has 2 N–H and O–H groups in total. The summed E-state index contributed by atoms with van der Waals surface area (Å²) in [5.74, 6) is 0.957. The molecular formula is C21H25N5. The number of hydrogen-bond donors (Lipinski definition) is 2. The van der Waals surface area contributed by atoms with E-state index in [0.717, 1.165) is 36.5 Å². The summed E-state index contributed by atoms with van der Waals surface area (Å²) in [5, 5.41) is 7.30. The van der Waals surface area contributed by atoms with Crippen molar-refractivity contribution >= 4 is 22.5 Å². The molecule has 0 bridgehead atoms. The molecule has 1 saturated heterocycles. The first-order chi connectivity index (χ1) is 12.7. The number of rotatable bonds is 4. The number of hydrogen-bond acceptors (Lipinski definition) is 5. The molecule has 26 heavy (non-hydrogen) atoms. The van der Waals surface area contributed by atoms with Crippen molar-refractivity contribution in [1.29, 1.82) is 0 Å². The molecule has 134 valence electrons. The maximum atomic E-state index is 4.81. The molecule has 1 aliphatic rings. The van der Waals surface area contributed by atoms with Crippen LogP contribution in [0.4, 0.5) is 11.5 Å². The standard InChI is InChI=1S/C21H25N5/c1-15-7-3-4-8-17(15)24-16(2)20-14-26(12-11-22-20)21-13-23-18-9-5-6-10-19(18)25-21/h3-10,13,16,20,22,24H,11-12,14H2,1-2H3. The molecule has 5 nitrogen and oxygen atoms in total. The number of benzene rings is 2. The Kier molecular flexibility index (Phi) is 4.71. The average molecular weight is 347 g/mol. The zero-order valence-electron chi connectivity index (χ0n) is 15.3. The van der Waals surface area contributed by atoms with Gasteiger partial charge in [-0.15, -0.1) is 0 Å². The van der Waals surface area contributed by atoms with Crippen molar-refractivity contribution in [2.75, 3.05) is 29.9 Å². The highest BCUT2D eigenvalue weighted by Crippen LogP contribution is 2.19. The van der Waals surface area contributed by atoms with Gasteiger partial charge in [-0.05, 0) is 37.6 Å². The highest BCUT2D eigenvalue weighted by Gasteiger charge is 2.25. The predicted octanol–water partition coefficient (Wildman–Crippen LogP) is 3.22. The van der Waals surface area contributed by atoms with Gasteiger partial charge in [-0.1, -0.05) is 30.3 Å². The summed E-state index contributed by atoms with van der Waals surface area (Å²) in [6.07, 6.45) is 1.89. The van der Waals surface area contributed by atoms with E-state index in [1.165, 1.54) is 11.3 Å². The number of nitrogens with one attached hydrogen (secondary N) is 2. The fourth-order valence-electron chi connectivity index (χ4n) is 3.50. The predicted molar refractivity (Wildman–Crippen MR) is 108 cm³/mol. The van der Waals surface area contributed by atoms with Gasteiger partial charge in [-0.3, -0.25) is 4.98 Å². The van der Waals surface area contributed by atoms with Crippen LogP contribution in [0.5, 0.6) is 0 Å². The smallest absolute Gasteiger partial charge is 0.147 e. The van der Waals surface area contributed by atoms with Crippen LogP contribution in [0.3, 0.4) is 0 Å². The van der Waals surface area contributed by atoms with Gasteiger partial charge in [0.25, 0.3) is 0 Å². The van der Waals surface area contributed by atoms with Gasteiger partial charge in [0.05, 0.1) is 17.2 Å². The minimum Gasteiger partial charge on any atom is -0.381 e. The van der Waals surface area contributed by atoms with E-state index in [1.54, 1.807) is 0 Å². The van der Waals surface area contributed by atoms with Crippen molar-refractivity contribution in [3.05, 3.63) is 60.3 Å². The van der Waals surface area contributed by atoms with Crippen molar-refractivity contribution in [2.45, 2.75) is 25.9 Å². The number of para-hydroxylation sites is 3. The molecule has 0 saturated carbocycles. The van der Waals surface area contributed by atoms with Crippen LogP contribution >= 0.6 is 0 Å². The zero-order valence-corrected chi connectivity index (χ0v) is 15.3. The molecule has 4 rings (SSSR count). The first-order valence-corrected chi connectivity index (χ1v) is 9.23. The molecule has 2 aromatic carbocycles. The number of nitrogens with zero attached hydrogens (tertiary/aromatic N) is 3. The number of fused-ring (bicyclic) bond motifs is 1. The first kappa shape index (κ1) is 16.8. The molecule has 2 heterocycles. The fraction of sp³-hybridized carbons (Fsp3) is 0.333. The Morgan fingerprint density at radius 3 is 2.73 bits per heavy atom. The Labute approximate surface area is 154 Å². The second-order valence-electron chi connectivity index (χ2n) is 6.97. The molecule has 3 aromatic rings. The number of anilines is 2. The molecule has 0 spiro atoms. The summed E-state index contributed by atoms with van der Waals surface area (Å²) >= 11 is 0. The van der Waals surface area contributed by atoms with Crippen LogP contribution in [0.25, 0.3) is 11.0 Å². The first-order valence-electron chi connectivity index (χ1n) is 9.23. The van der Waals surface area contributed by atoms with Crippen LogP contribution in [0.2, 0.25) is 0 Å². The van der Waals surface area contributed by atoms with E-state index < -0.39 is 0 Å². The lowest BCUT2D eigenvalue weighted by Crippen LogP contribution is -2.57. The number of aryl methyl sites for hydroxylation is 1. The van der Waals surface area contributed by atoms with Crippen molar-refractivity contribution < 1.29 is 0 Å². The maximum absolute atomic E-state index is 4.81. The van der Waals surface area contributed by atoms with Crippen LogP contribution in [-0.2, 0) is 0 Å². The highest BCUT2D eigenvalue weighted by atomic mass is 15.3. The number of aromatic nitrogens is 2. The quantitative estimate of drug-likeness (QED) is 0.759. The van der Waals surface area contributed by atoms with Crippen molar-refractivity contribution in [3.63, 3.8) is 0 Å². The van der Waals surface area contributed by atoms with Crippen LogP contribution in [0.15, 0.2) is 54.7 Å². The van der Waals surface area contributed by atoms with Gasteiger partial charge in [-0.25, -0.2) is 4.98 Å². The lowest BCUT2D eigenvalue weighted by molar-refractivity contribution is 0.420. The lowest BCUT2D eigenvalue weighted by Gasteiger charge is -2.38. The lowest BCUT2D eigenvalue weighted by atomic mass is 10.1. The van der Waals surface area contributed by atoms with Crippen LogP contribution < -0.4 is 15.5 Å². The minimum atomic E-state index is 0.312. The minimum absolute atomic E-state index is 0.312. The van der Waals surface area contributed by atoms with E-state index in [2.05, 4.69) is 58.6 Å². The molecule has 5 heteroatoms. The summed E-state index contributed by atoms with van der Waals surface area (Å²) < 4.78 is 0. The Bertz CT molecular complexity index is 894. The Hall–Kier alpha value is -2.66. The average Bonchev–Trinajstić information content (AvgIpc) is 2.69. The highest BCUT2D eigenvalue weighted by molar-refractivity contribution is 5.75. The second-order valence-corrected chi connectivity index (χ2v) is 6.97. The van der Waals surface area contributed by atoms with Gasteiger partial charge in [0.1, 0.15) is 5.82 Å². The Morgan fingerprint density at radius 1 is 1.12 bits per heavy atom. The fourth-order valence-corrected chi connectivity index (χ4v) is 3.50. The third-order valence-corrected chi connectivity index (χ3v) is 5.10. The molecule has 1 aliphatic heterocycles. The van der Waals surface area contributed by atoms with Gasteiger partial charge in [-0.2, -0.15) is 0 Å². The topological polar surface area (TPSA) is 53.1 Å². The molecule has 0 aliphatic carbocycles. The maximum Gasteiger partial charge on any atom is 0.147 e. The molecule has 2 unspecified atom stereocenters.